The summed E-state index contributed by atoms with van der Waals surface area (Å²) in [5.74, 6) is 0.108. The molecule has 0 atom stereocenters. The van der Waals surface area contributed by atoms with Gasteiger partial charge in [0.05, 0.1) is 25.3 Å². The second-order valence-corrected chi connectivity index (χ2v) is 4.96. The van der Waals surface area contributed by atoms with Crippen molar-refractivity contribution in [2.75, 3.05) is 32.0 Å². The fourth-order valence-corrected chi connectivity index (χ4v) is 2.39. The van der Waals surface area contributed by atoms with Crippen LogP contribution in [-0.4, -0.2) is 42.1 Å². The topological polar surface area (TPSA) is 68.5 Å². The third-order valence-electron chi connectivity index (χ3n) is 2.59. The molecule has 0 aliphatic carbocycles. The number of aryl methyl sites for hydroxylation is 1. The van der Waals surface area contributed by atoms with Crippen molar-refractivity contribution in [3.8, 4) is 0 Å². The van der Waals surface area contributed by atoms with Crippen molar-refractivity contribution in [3.05, 3.63) is 10.6 Å². The molecule has 1 aromatic heterocycles. The van der Waals surface area contributed by atoms with Gasteiger partial charge in [0.1, 0.15) is 0 Å². The average molecular weight is 241 g/mol. The van der Waals surface area contributed by atoms with Crippen molar-refractivity contribution in [2.45, 2.75) is 13.3 Å². The second kappa shape index (κ2) is 4.80. The highest BCUT2D eigenvalue weighted by Gasteiger charge is 2.19. The molecule has 0 bridgehead atoms. The highest BCUT2D eigenvalue weighted by molar-refractivity contribution is 7.15. The zero-order chi connectivity index (χ0) is 11.5. The predicted molar refractivity (Wildman–Crippen MR) is 62.4 cm³/mol. The highest BCUT2D eigenvalue weighted by Crippen LogP contribution is 2.19. The minimum atomic E-state index is 0.108. The fourth-order valence-electron chi connectivity index (χ4n) is 1.68. The minimum Gasteiger partial charge on any atom is -0.378 e. The lowest BCUT2D eigenvalue weighted by atomic mass is 10.2. The average Bonchev–Trinajstić information content (AvgIpc) is 2.59. The van der Waals surface area contributed by atoms with Crippen molar-refractivity contribution < 1.29 is 9.53 Å². The van der Waals surface area contributed by atoms with Crippen LogP contribution in [0.4, 0.5) is 5.13 Å². The number of aromatic nitrogens is 1. The first-order valence-corrected chi connectivity index (χ1v) is 6.06. The summed E-state index contributed by atoms with van der Waals surface area (Å²) in [7, 11) is 0. The lowest BCUT2D eigenvalue weighted by Gasteiger charge is -2.26. The van der Waals surface area contributed by atoms with Crippen LogP contribution in [-0.2, 0) is 16.0 Å². The number of anilines is 1. The van der Waals surface area contributed by atoms with Gasteiger partial charge in [-0.1, -0.05) is 0 Å². The molecule has 2 heterocycles. The van der Waals surface area contributed by atoms with Crippen molar-refractivity contribution >= 4 is 22.4 Å². The number of morpholine rings is 1. The van der Waals surface area contributed by atoms with Crippen molar-refractivity contribution in [2.24, 2.45) is 0 Å². The van der Waals surface area contributed by atoms with E-state index >= 15 is 0 Å². The van der Waals surface area contributed by atoms with E-state index < -0.39 is 0 Å². The first-order chi connectivity index (χ1) is 7.66. The molecule has 6 heteroatoms. The summed E-state index contributed by atoms with van der Waals surface area (Å²) in [6.07, 6.45) is 0.347. The van der Waals surface area contributed by atoms with E-state index in [9.17, 15) is 4.79 Å². The molecule has 0 aromatic carbocycles. The van der Waals surface area contributed by atoms with Gasteiger partial charge in [0.2, 0.25) is 5.91 Å². The van der Waals surface area contributed by atoms with Gasteiger partial charge in [-0.3, -0.25) is 4.79 Å². The molecule has 1 aromatic rings. The SMILES string of the molecule is Cc1sc(N)nc1CC(=O)N1CCOCC1. The Labute approximate surface area is 98.2 Å². The number of nitrogens with two attached hydrogens (primary N) is 1. The number of amides is 1. The van der Waals surface area contributed by atoms with Crippen LogP contribution in [0.15, 0.2) is 0 Å². The first-order valence-electron chi connectivity index (χ1n) is 5.24. The van der Waals surface area contributed by atoms with Crippen LogP contribution < -0.4 is 5.73 Å². The molecule has 0 saturated carbocycles. The summed E-state index contributed by atoms with van der Waals surface area (Å²) >= 11 is 1.43. The summed E-state index contributed by atoms with van der Waals surface area (Å²) < 4.78 is 5.20. The van der Waals surface area contributed by atoms with Crippen molar-refractivity contribution in [1.82, 2.24) is 9.88 Å². The van der Waals surface area contributed by atoms with Gasteiger partial charge in [-0.25, -0.2) is 4.98 Å². The van der Waals surface area contributed by atoms with Gasteiger partial charge in [-0.2, -0.15) is 0 Å². The Balaban J connectivity index is 1.98. The minimum absolute atomic E-state index is 0.108. The molecular weight excluding hydrogens is 226 g/mol. The van der Waals surface area contributed by atoms with Crippen LogP contribution in [0.1, 0.15) is 10.6 Å². The maximum Gasteiger partial charge on any atom is 0.228 e. The molecule has 2 N–H and O–H groups in total. The lowest BCUT2D eigenvalue weighted by molar-refractivity contribution is -0.134. The number of carbonyl (C=O) groups excluding carboxylic acids is 1. The Hall–Kier alpha value is -1.14. The standard InChI is InChI=1S/C10H15N3O2S/c1-7-8(12-10(11)16-7)6-9(14)13-2-4-15-5-3-13/h2-6H2,1H3,(H2,11,12). The summed E-state index contributed by atoms with van der Waals surface area (Å²) in [6, 6.07) is 0. The molecule has 1 aliphatic heterocycles. The third-order valence-corrected chi connectivity index (χ3v) is 3.43. The highest BCUT2D eigenvalue weighted by atomic mass is 32.1. The lowest BCUT2D eigenvalue weighted by Crippen LogP contribution is -2.41. The Kier molecular flexibility index (Phi) is 3.40. The van der Waals surface area contributed by atoms with Gasteiger partial charge >= 0.3 is 0 Å². The largest absolute Gasteiger partial charge is 0.378 e. The van der Waals surface area contributed by atoms with E-state index in [4.69, 9.17) is 10.5 Å². The normalized spacial score (nSPS) is 16.4. The van der Waals surface area contributed by atoms with Crippen molar-refractivity contribution in [1.29, 1.82) is 0 Å². The van der Waals surface area contributed by atoms with Gasteiger partial charge in [-0.15, -0.1) is 11.3 Å². The molecule has 1 fully saturated rings. The van der Waals surface area contributed by atoms with E-state index in [-0.39, 0.29) is 5.91 Å². The molecule has 0 spiro atoms. The summed E-state index contributed by atoms with van der Waals surface area (Å²) in [5.41, 5.74) is 6.40. The number of nitrogens with zero attached hydrogens (tertiary/aromatic N) is 2. The van der Waals surface area contributed by atoms with Gasteiger partial charge in [0.15, 0.2) is 5.13 Å². The summed E-state index contributed by atoms with van der Waals surface area (Å²) in [5, 5.41) is 0.530. The number of rotatable bonds is 2. The van der Waals surface area contributed by atoms with Crippen LogP contribution in [0.3, 0.4) is 0 Å². The first kappa shape index (κ1) is 11.3. The van der Waals surface area contributed by atoms with Crippen LogP contribution in [0.2, 0.25) is 0 Å². The van der Waals surface area contributed by atoms with E-state index in [1.807, 2.05) is 11.8 Å². The maximum atomic E-state index is 11.9. The molecule has 16 heavy (non-hydrogen) atoms. The fraction of sp³-hybridized carbons (Fsp3) is 0.600. The maximum absolute atomic E-state index is 11.9. The van der Waals surface area contributed by atoms with Gasteiger partial charge in [-0.05, 0) is 6.92 Å². The van der Waals surface area contributed by atoms with Gasteiger partial charge < -0.3 is 15.4 Å². The molecule has 0 radical (unpaired) electrons. The Bertz CT molecular complexity index is 385. The second-order valence-electron chi connectivity index (χ2n) is 3.72. The smallest absolute Gasteiger partial charge is 0.228 e. The molecule has 88 valence electrons. The number of nitrogen functional groups attached to an aromatic ring is 1. The number of hydrogen-bond donors (Lipinski definition) is 1. The predicted octanol–water partition coefficient (Wildman–Crippen LogP) is 0.435. The quantitative estimate of drug-likeness (QED) is 0.815. The molecular formula is C10H15N3O2S. The number of carbonyl (C=O) groups is 1. The molecule has 1 amide bonds. The van der Waals surface area contributed by atoms with E-state index in [1.54, 1.807) is 0 Å². The molecule has 1 aliphatic rings. The molecule has 0 unspecified atom stereocenters. The Morgan fingerprint density at radius 3 is 2.81 bits per heavy atom. The zero-order valence-electron chi connectivity index (χ0n) is 9.23. The third kappa shape index (κ3) is 2.51. The Morgan fingerprint density at radius 2 is 2.25 bits per heavy atom. The summed E-state index contributed by atoms with van der Waals surface area (Å²) in [6.45, 7) is 4.55. The monoisotopic (exact) mass is 241 g/mol. The van der Waals surface area contributed by atoms with E-state index in [1.165, 1.54) is 11.3 Å². The summed E-state index contributed by atoms with van der Waals surface area (Å²) in [4.78, 5) is 18.9. The molecule has 1 saturated heterocycles. The van der Waals surface area contributed by atoms with E-state index in [0.717, 1.165) is 10.6 Å². The number of thiazole rings is 1. The van der Waals surface area contributed by atoms with E-state index in [0.29, 0.717) is 37.9 Å². The van der Waals surface area contributed by atoms with Crippen LogP contribution in [0.5, 0.6) is 0 Å². The Morgan fingerprint density at radius 1 is 1.56 bits per heavy atom. The number of ether oxygens (including phenoxy) is 1. The van der Waals surface area contributed by atoms with Gasteiger partial charge in [0, 0.05) is 18.0 Å². The molecule has 2 rings (SSSR count). The zero-order valence-corrected chi connectivity index (χ0v) is 10.0. The van der Waals surface area contributed by atoms with Crippen LogP contribution >= 0.6 is 11.3 Å². The van der Waals surface area contributed by atoms with Crippen LogP contribution in [0, 0.1) is 6.92 Å². The molecule has 5 nitrogen and oxygen atoms in total. The number of hydrogen-bond acceptors (Lipinski definition) is 5. The van der Waals surface area contributed by atoms with Gasteiger partial charge in [0.25, 0.3) is 0 Å². The van der Waals surface area contributed by atoms with E-state index in [2.05, 4.69) is 4.98 Å². The van der Waals surface area contributed by atoms with Crippen molar-refractivity contribution in [3.63, 3.8) is 0 Å². The van der Waals surface area contributed by atoms with Crippen LogP contribution in [0.25, 0.3) is 0 Å².